The summed E-state index contributed by atoms with van der Waals surface area (Å²) < 4.78 is 0. The van der Waals surface area contributed by atoms with Crippen LogP contribution >= 0.6 is 12.2 Å². The molecular weight excluding hydrogens is 258 g/mol. The summed E-state index contributed by atoms with van der Waals surface area (Å²) >= 11 is 5.16. The summed E-state index contributed by atoms with van der Waals surface area (Å²) in [5, 5.41) is 0.635. The van der Waals surface area contributed by atoms with Gasteiger partial charge < -0.3 is 15.3 Å². The zero-order valence-corrected chi connectivity index (χ0v) is 11.4. The highest BCUT2D eigenvalue weighted by atomic mass is 32.1. The van der Waals surface area contributed by atoms with E-state index in [-0.39, 0.29) is 0 Å². The van der Waals surface area contributed by atoms with Gasteiger partial charge in [-0.25, -0.2) is 5.84 Å². The maximum atomic E-state index is 5.36. The van der Waals surface area contributed by atoms with Crippen LogP contribution in [0.15, 0.2) is 24.5 Å². The lowest BCUT2D eigenvalue weighted by Crippen LogP contribution is -2.46. The number of likely N-dealkylation sites (tertiary alicyclic amines) is 1. The van der Waals surface area contributed by atoms with Crippen molar-refractivity contribution in [1.29, 1.82) is 0 Å². The van der Waals surface area contributed by atoms with Crippen molar-refractivity contribution in [3.05, 3.63) is 30.1 Å². The summed E-state index contributed by atoms with van der Waals surface area (Å²) in [5.41, 5.74) is 6.08. The quantitative estimate of drug-likeness (QED) is 0.418. The number of pyridine rings is 1. The van der Waals surface area contributed by atoms with Gasteiger partial charge in [-0.3, -0.25) is 4.98 Å². The molecule has 0 atom stereocenters. The third-order valence-electron chi connectivity index (χ3n) is 3.81. The lowest BCUT2D eigenvalue weighted by molar-refractivity contribution is 0.311. The standard InChI is InChI=1S/C13H17N5S/c14-17-13(19)18-6-3-9(4-7-18)10-8-16-11-2-1-5-15-12(10)11/h1-2,5,8-9,16H,3-4,6-7,14H2,(H,17,19). The molecule has 4 N–H and O–H groups in total. The molecule has 2 aromatic rings. The van der Waals surface area contributed by atoms with Crippen molar-refractivity contribution in [3.63, 3.8) is 0 Å². The largest absolute Gasteiger partial charge is 0.360 e. The number of thiocarbonyl (C=S) groups is 1. The molecule has 0 radical (unpaired) electrons. The average molecular weight is 275 g/mol. The number of fused-ring (bicyclic) bond motifs is 1. The van der Waals surface area contributed by atoms with E-state index in [2.05, 4.69) is 32.6 Å². The topological polar surface area (TPSA) is 70.0 Å². The maximum absolute atomic E-state index is 5.36. The molecule has 5 nitrogen and oxygen atoms in total. The van der Waals surface area contributed by atoms with Crippen LogP contribution < -0.4 is 11.3 Å². The molecule has 3 heterocycles. The molecule has 100 valence electrons. The van der Waals surface area contributed by atoms with Crippen LogP contribution in [-0.4, -0.2) is 33.1 Å². The van der Waals surface area contributed by atoms with E-state index in [0.717, 1.165) is 37.0 Å². The second-order valence-electron chi connectivity index (χ2n) is 4.85. The number of H-pyrrole nitrogens is 1. The second kappa shape index (κ2) is 5.14. The minimum Gasteiger partial charge on any atom is -0.360 e. The van der Waals surface area contributed by atoms with Gasteiger partial charge in [0.1, 0.15) is 0 Å². The SMILES string of the molecule is NNC(=S)N1CCC(c2c[nH]c3cccnc23)CC1. The lowest BCUT2D eigenvalue weighted by Gasteiger charge is -2.33. The number of nitrogens with two attached hydrogens (primary N) is 1. The molecule has 6 heteroatoms. The van der Waals surface area contributed by atoms with Crippen LogP contribution in [-0.2, 0) is 0 Å². The first-order chi connectivity index (χ1) is 9.29. The summed E-state index contributed by atoms with van der Waals surface area (Å²) in [6.07, 6.45) is 6.09. The van der Waals surface area contributed by atoms with Gasteiger partial charge >= 0.3 is 0 Å². The van der Waals surface area contributed by atoms with Crippen LogP contribution in [0.4, 0.5) is 0 Å². The molecule has 19 heavy (non-hydrogen) atoms. The van der Waals surface area contributed by atoms with Crippen molar-refractivity contribution in [2.75, 3.05) is 13.1 Å². The van der Waals surface area contributed by atoms with Crippen LogP contribution in [0.2, 0.25) is 0 Å². The monoisotopic (exact) mass is 275 g/mol. The third kappa shape index (κ3) is 2.29. The minimum atomic E-state index is 0.542. The zero-order chi connectivity index (χ0) is 13.2. The Kier molecular flexibility index (Phi) is 3.35. The van der Waals surface area contributed by atoms with Crippen molar-refractivity contribution >= 4 is 28.4 Å². The van der Waals surface area contributed by atoms with Gasteiger partial charge in [0.2, 0.25) is 0 Å². The Morgan fingerprint density at radius 2 is 2.26 bits per heavy atom. The lowest BCUT2D eigenvalue weighted by atomic mass is 9.90. The van der Waals surface area contributed by atoms with E-state index in [1.165, 1.54) is 5.56 Å². The van der Waals surface area contributed by atoms with E-state index in [9.17, 15) is 0 Å². The molecule has 1 fully saturated rings. The first-order valence-electron chi connectivity index (χ1n) is 6.47. The number of aromatic nitrogens is 2. The predicted octanol–water partition coefficient (Wildman–Crippen LogP) is 1.49. The highest BCUT2D eigenvalue weighted by Gasteiger charge is 2.24. The Hall–Kier alpha value is -1.66. The molecule has 0 bridgehead atoms. The molecule has 0 amide bonds. The minimum absolute atomic E-state index is 0.542. The first-order valence-corrected chi connectivity index (χ1v) is 6.88. The highest BCUT2D eigenvalue weighted by molar-refractivity contribution is 7.80. The van der Waals surface area contributed by atoms with Gasteiger partial charge in [0.25, 0.3) is 0 Å². The Bertz CT molecular complexity index is 585. The number of hydrogen-bond donors (Lipinski definition) is 3. The predicted molar refractivity (Wildman–Crippen MR) is 79.6 cm³/mol. The van der Waals surface area contributed by atoms with Gasteiger partial charge in [0.15, 0.2) is 5.11 Å². The third-order valence-corrected chi connectivity index (χ3v) is 4.19. The van der Waals surface area contributed by atoms with Crippen molar-refractivity contribution < 1.29 is 0 Å². The molecule has 0 spiro atoms. The van der Waals surface area contributed by atoms with Crippen LogP contribution in [0.25, 0.3) is 11.0 Å². The van der Waals surface area contributed by atoms with Crippen LogP contribution in [0.1, 0.15) is 24.3 Å². The van der Waals surface area contributed by atoms with Gasteiger partial charge in [-0.05, 0) is 48.7 Å². The van der Waals surface area contributed by atoms with Gasteiger partial charge in [-0.1, -0.05) is 0 Å². The zero-order valence-electron chi connectivity index (χ0n) is 10.6. The molecule has 0 aliphatic carbocycles. The van der Waals surface area contributed by atoms with Crippen molar-refractivity contribution in [1.82, 2.24) is 20.3 Å². The molecule has 2 aromatic heterocycles. The number of nitrogens with one attached hydrogen (secondary N) is 2. The van der Waals surface area contributed by atoms with Crippen LogP contribution in [0, 0.1) is 0 Å². The number of rotatable bonds is 1. The maximum Gasteiger partial charge on any atom is 0.183 e. The molecule has 0 saturated carbocycles. The van der Waals surface area contributed by atoms with Crippen molar-refractivity contribution in [2.24, 2.45) is 5.84 Å². The first kappa shape index (κ1) is 12.4. The van der Waals surface area contributed by atoms with E-state index < -0.39 is 0 Å². The van der Waals surface area contributed by atoms with Crippen LogP contribution in [0.5, 0.6) is 0 Å². The molecule has 3 rings (SSSR count). The number of hydrazine groups is 1. The van der Waals surface area contributed by atoms with Gasteiger partial charge in [-0.15, -0.1) is 0 Å². The molecule has 1 aliphatic rings. The average Bonchev–Trinajstić information content (AvgIpc) is 2.90. The molecule has 0 aromatic carbocycles. The summed E-state index contributed by atoms with van der Waals surface area (Å²) in [6, 6.07) is 4.02. The Morgan fingerprint density at radius 3 is 3.00 bits per heavy atom. The summed E-state index contributed by atoms with van der Waals surface area (Å²) in [6.45, 7) is 1.88. The van der Waals surface area contributed by atoms with E-state index >= 15 is 0 Å². The smallest absolute Gasteiger partial charge is 0.183 e. The number of hydrogen-bond acceptors (Lipinski definition) is 3. The summed E-state index contributed by atoms with van der Waals surface area (Å²) in [5.74, 6) is 5.90. The van der Waals surface area contributed by atoms with E-state index in [0.29, 0.717) is 11.0 Å². The van der Waals surface area contributed by atoms with Gasteiger partial charge in [-0.2, -0.15) is 0 Å². The Balaban J connectivity index is 1.77. The van der Waals surface area contributed by atoms with Gasteiger partial charge in [0, 0.05) is 25.5 Å². The summed E-state index contributed by atoms with van der Waals surface area (Å²) in [4.78, 5) is 9.90. The molecule has 1 saturated heterocycles. The summed E-state index contributed by atoms with van der Waals surface area (Å²) in [7, 11) is 0. The number of piperidine rings is 1. The molecule has 0 unspecified atom stereocenters. The fraction of sp³-hybridized carbons (Fsp3) is 0.385. The second-order valence-corrected chi connectivity index (χ2v) is 5.24. The Labute approximate surface area is 117 Å². The van der Waals surface area contributed by atoms with E-state index in [4.69, 9.17) is 18.1 Å². The highest BCUT2D eigenvalue weighted by Crippen LogP contribution is 2.31. The van der Waals surface area contributed by atoms with Crippen molar-refractivity contribution in [3.8, 4) is 0 Å². The fourth-order valence-corrected chi connectivity index (χ4v) is 2.95. The normalized spacial score (nSPS) is 16.8. The van der Waals surface area contributed by atoms with Gasteiger partial charge in [0.05, 0.1) is 11.0 Å². The fourth-order valence-electron chi connectivity index (χ4n) is 2.77. The molecular formula is C13H17N5S. The Morgan fingerprint density at radius 1 is 1.47 bits per heavy atom. The number of aromatic amines is 1. The molecule has 1 aliphatic heterocycles. The van der Waals surface area contributed by atoms with Crippen molar-refractivity contribution in [2.45, 2.75) is 18.8 Å². The number of nitrogens with zero attached hydrogens (tertiary/aromatic N) is 2. The van der Waals surface area contributed by atoms with Crippen LogP contribution in [0.3, 0.4) is 0 Å². The van der Waals surface area contributed by atoms with E-state index in [1.807, 2.05) is 12.3 Å². The van der Waals surface area contributed by atoms with E-state index in [1.54, 1.807) is 0 Å².